The number of benzene rings is 1. The third kappa shape index (κ3) is 2.41. The summed E-state index contributed by atoms with van der Waals surface area (Å²) in [7, 11) is 0. The zero-order valence-electron chi connectivity index (χ0n) is 7.25. The minimum Gasteiger partial charge on any atom is -0.328 e. The molecule has 1 aromatic carbocycles. The van der Waals surface area contributed by atoms with E-state index in [4.69, 9.17) is 12.2 Å². The van der Waals surface area contributed by atoms with Gasteiger partial charge in [0.15, 0.2) is 0 Å². The Kier molecular flexibility index (Phi) is 2.90. The first-order valence-electron chi connectivity index (χ1n) is 4.03. The van der Waals surface area contributed by atoms with Crippen LogP contribution in [0.25, 0.3) is 0 Å². The van der Waals surface area contributed by atoms with E-state index in [2.05, 4.69) is 5.92 Å². The maximum atomic E-state index is 5.66. The summed E-state index contributed by atoms with van der Waals surface area (Å²) in [6.45, 7) is 1.99. The average molecular weight is 159 g/mol. The molecule has 1 nitrogen and oxygen atoms in total. The molecule has 0 saturated carbocycles. The fourth-order valence-electron chi connectivity index (χ4n) is 1.16. The summed E-state index contributed by atoms with van der Waals surface area (Å²) in [5.74, 6) is 2.60. The van der Waals surface area contributed by atoms with E-state index < -0.39 is 0 Å². The van der Waals surface area contributed by atoms with Crippen molar-refractivity contribution >= 4 is 0 Å². The van der Waals surface area contributed by atoms with Gasteiger partial charge in [0.2, 0.25) is 0 Å². The molecule has 0 aliphatic rings. The molecule has 0 heterocycles. The van der Waals surface area contributed by atoms with Crippen molar-refractivity contribution in [3.63, 3.8) is 0 Å². The first kappa shape index (κ1) is 8.83. The standard InChI is InChI=1S/C11H13N/c1-3-10-5-4-6-11(8-10)7-9(2)12/h1,4-6,8-9H,7,12H2,2H3/t9-/m0/s1. The van der Waals surface area contributed by atoms with Gasteiger partial charge in [-0.1, -0.05) is 18.1 Å². The van der Waals surface area contributed by atoms with Crippen LogP contribution in [-0.4, -0.2) is 6.04 Å². The lowest BCUT2D eigenvalue weighted by molar-refractivity contribution is 0.738. The second kappa shape index (κ2) is 3.94. The highest BCUT2D eigenvalue weighted by molar-refractivity contribution is 5.35. The van der Waals surface area contributed by atoms with E-state index in [9.17, 15) is 0 Å². The van der Waals surface area contributed by atoms with Gasteiger partial charge in [0, 0.05) is 11.6 Å². The van der Waals surface area contributed by atoms with E-state index >= 15 is 0 Å². The Morgan fingerprint density at radius 1 is 1.58 bits per heavy atom. The van der Waals surface area contributed by atoms with E-state index in [1.54, 1.807) is 0 Å². The molecule has 0 aromatic heterocycles. The van der Waals surface area contributed by atoms with Crippen LogP contribution in [0.3, 0.4) is 0 Å². The lowest BCUT2D eigenvalue weighted by Crippen LogP contribution is -2.17. The van der Waals surface area contributed by atoms with Crippen LogP contribution in [0.4, 0.5) is 0 Å². The van der Waals surface area contributed by atoms with Gasteiger partial charge in [-0.3, -0.25) is 0 Å². The van der Waals surface area contributed by atoms with Gasteiger partial charge in [0.25, 0.3) is 0 Å². The number of rotatable bonds is 2. The van der Waals surface area contributed by atoms with Crippen LogP contribution in [-0.2, 0) is 6.42 Å². The summed E-state index contributed by atoms with van der Waals surface area (Å²) >= 11 is 0. The zero-order chi connectivity index (χ0) is 8.97. The molecule has 1 heteroatoms. The van der Waals surface area contributed by atoms with E-state index in [1.165, 1.54) is 5.56 Å². The molecular weight excluding hydrogens is 146 g/mol. The van der Waals surface area contributed by atoms with Crippen molar-refractivity contribution in [1.82, 2.24) is 0 Å². The first-order valence-corrected chi connectivity index (χ1v) is 4.03. The molecule has 0 fully saturated rings. The summed E-state index contributed by atoms with van der Waals surface area (Å²) in [5.41, 5.74) is 7.80. The number of nitrogens with two attached hydrogens (primary N) is 1. The summed E-state index contributed by atoms with van der Waals surface area (Å²) in [6, 6.07) is 8.13. The van der Waals surface area contributed by atoms with Crippen molar-refractivity contribution in [3.05, 3.63) is 35.4 Å². The molecular formula is C11H13N. The highest BCUT2D eigenvalue weighted by Gasteiger charge is 1.97. The molecule has 0 aliphatic carbocycles. The van der Waals surface area contributed by atoms with Crippen LogP contribution in [0.15, 0.2) is 24.3 Å². The summed E-state index contributed by atoms with van der Waals surface area (Å²) in [5, 5.41) is 0. The normalized spacial score (nSPS) is 12.1. The van der Waals surface area contributed by atoms with Crippen molar-refractivity contribution in [1.29, 1.82) is 0 Å². The fourth-order valence-corrected chi connectivity index (χ4v) is 1.16. The smallest absolute Gasteiger partial charge is 0.0245 e. The number of terminal acetylenes is 1. The number of hydrogen-bond donors (Lipinski definition) is 1. The molecule has 0 radical (unpaired) electrons. The van der Waals surface area contributed by atoms with Crippen LogP contribution >= 0.6 is 0 Å². The van der Waals surface area contributed by atoms with Crippen molar-refractivity contribution in [2.24, 2.45) is 5.73 Å². The Morgan fingerprint density at radius 3 is 2.92 bits per heavy atom. The first-order chi connectivity index (χ1) is 5.72. The predicted octanol–water partition coefficient (Wildman–Crippen LogP) is 1.56. The second-order valence-electron chi connectivity index (χ2n) is 3.03. The quantitative estimate of drug-likeness (QED) is 0.651. The van der Waals surface area contributed by atoms with Gasteiger partial charge in [0.1, 0.15) is 0 Å². The van der Waals surface area contributed by atoms with E-state index in [0.717, 1.165) is 12.0 Å². The lowest BCUT2D eigenvalue weighted by atomic mass is 10.1. The second-order valence-corrected chi connectivity index (χ2v) is 3.03. The minimum absolute atomic E-state index is 0.193. The van der Waals surface area contributed by atoms with Crippen LogP contribution in [0, 0.1) is 12.3 Å². The highest BCUT2D eigenvalue weighted by atomic mass is 14.6. The van der Waals surface area contributed by atoms with Crippen LogP contribution in [0.1, 0.15) is 18.1 Å². The summed E-state index contributed by atoms with van der Waals surface area (Å²) in [6.07, 6.45) is 6.15. The third-order valence-corrected chi connectivity index (χ3v) is 1.65. The fraction of sp³-hybridized carbons (Fsp3) is 0.273. The molecule has 1 atom stereocenters. The van der Waals surface area contributed by atoms with Gasteiger partial charge >= 0.3 is 0 Å². The average Bonchev–Trinajstić information content (AvgIpc) is 2.03. The Morgan fingerprint density at radius 2 is 2.33 bits per heavy atom. The SMILES string of the molecule is C#Cc1cccc(C[C@H](C)N)c1. The monoisotopic (exact) mass is 159 g/mol. The molecule has 0 bridgehead atoms. The Hall–Kier alpha value is -1.26. The largest absolute Gasteiger partial charge is 0.328 e. The Balaban J connectivity index is 2.81. The lowest BCUT2D eigenvalue weighted by Gasteiger charge is -2.04. The molecule has 12 heavy (non-hydrogen) atoms. The van der Waals surface area contributed by atoms with E-state index in [1.807, 2.05) is 31.2 Å². The molecule has 2 N–H and O–H groups in total. The molecule has 0 spiro atoms. The van der Waals surface area contributed by atoms with Gasteiger partial charge < -0.3 is 5.73 Å². The van der Waals surface area contributed by atoms with E-state index in [0.29, 0.717) is 0 Å². The van der Waals surface area contributed by atoms with Crippen LogP contribution in [0.5, 0.6) is 0 Å². The van der Waals surface area contributed by atoms with Gasteiger partial charge in [-0.25, -0.2) is 0 Å². The molecule has 62 valence electrons. The molecule has 0 amide bonds. The topological polar surface area (TPSA) is 26.0 Å². The predicted molar refractivity (Wildman–Crippen MR) is 51.7 cm³/mol. The molecule has 1 aromatic rings. The Bertz CT molecular complexity index is 294. The van der Waals surface area contributed by atoms with Crippen LogP contribution in [0.2, 0.25) is 0 Å². The maximum absolute atomic E-state index is 5.66. The minimum atomic E-state index is 0.193. The third-order valence-electron chi connectivity index (χ3n) is 1.65. The van der Waals surface area contributed by atoms with Crippen molar-refractivity contribution < 1.29 is 0 Å². The molecule has 0 saturated heterocycles. The molecule has 0 aliphatic heterocycles. The van der Waals surface area contributed by atoms with Gasteiger partial charge in [0.05, 0.1) is 0 Å². The van der Waals surface area contributed by atoms with Gasteiger partial charge in [-0.2, -0.15) is 0 Å². The number of hydrogen-bond acceptors (Lipinski definition) is 1. The Labute approximate surface area is 73.6 Å². The highest BCUT2D eigenvalue weighted by Crippen LogP contribution is 2.05. The zero-order valence-corrected chi connectivity index (χ0v) is 7.25. The summed E-state index contributed by atoms with van der Waals surface area (Å²) in [4.78, 5) is 0. The van der Waals surface area contributed by atoms with E-state index in [-0.39, 0.29) is 6.04 Å². The van der Waals surface area contributed by atoms with Crippen molar-refractivity contribution in [2.75, 3.05) is 0 Å². The molecule has 1 rings (SSSR count). The summed E-state index contributed by atoms with van der Waals surface area (Å²) < 4.78 is 0. The van der Waals surface area contributed by atoms with Crippen molar-refractivity contribution in [2.45, 2.75) is 19.4 Å². The molecule has 0 unspecified atom stereocenters. The maximum Gasteiger partial charge on any atom is 0.0245 e. The van der Waals surface area contributed by atoms with Crippen LogP contribution < -0.4 is 5.73 Å². The van der Waals surface area contributed by atoms with Gasteiger partial charge in [-0.15, -0.1) is 6.42 Å². The van der Waals surface area contributed by atoms with Crippen molar-refractivity contribution in [3.8, 4) is 12.3 Å². The van der Waals surface area contributed by atoms with Gasteiger partial charge in [-0.05, 0) is 31.0 Å².